The fourth-order valence-electron chi connectivity index (χ4n) is 1.29. The molecular weight excluding hydrogens is 217 g/mol. The van der Waals surface area contributed by atoms with Gasteiger partial charge in [-0.15, -0.1) is 0 Å². The number of rotatable bonds is 1. The van der Waals surface area contributed by atoms with Crippen molar-refractivity contribution >= 4 is 17.3 Å². The van der Waals surface area contributed by atoms with Crippen LogP contribution in [0.15, 0.2) is 24.5 Å². The first-order valence-corrected chi connectivity index (χ1v) is 4.72. The minimum absolute atomic E-state index is 0.0346. The van der Waals surface area contributed by atoms with Crippen LogP contribution < -0.4 is 5.73 Å². The van der Waals surface area contributed by atoms with Crippen molar-refractivity contribution in [3.63, 3.8) is 0 Å². The molecule has 0 saturated carbocycles. The van der Waals surface area contributed by atoms with Crippen molar-refractivity contribution in [2.75, 3.05) is 5.73 Å². The van der Waals surface area contributed by atoms with Crippen molar-refractivity contribution in [1.29, 1.82) is 0 Å². The molecule has 0 spiro atoms. The monoisotopic (exact) mass is 225 g/mol. The van der Waals surface area contributed by atoms with E-state index in [2.05, 4.69) is 5.10 Å². The van der Waals surface area contributed by atoms with Gasteiger partial charge in [0.1, 0.15) is 5.82 Å². The molecule has 0 radical (unpaired) electrons. The predicted molar refractivity (Wildman–Crippen MR) is 57.7 cm³/mol. The minimum Gasteiger partial charge on any atom is -0.397 e. The van der Waals surface area contributed by atoms with Crippen LogP contribution in [-0.4, -0.2) is 9.78 Å². The van der Waals surface area contributed by atoms with Crippen LogP contribution in [0.3, 0.4) is 0 Å². The summed E-state index contributed by atoms with van der Waals surface area (Å²) in [5.41, 5.74) is 7.55. The van der Waals surface area contributed by atoms with Gasteiger partial charge in [-0.1, -0.05) is 11.6 Å². The van der Waals surface area contributed by atoms with Crippen molar-refractivity contribution in [2.24, 2.45) is 0 Å². The zero-order valence-electron chi connectivity index (χ0n) is 8.04. The molecule has 2 rings (SSSR count). The number of nitrogens with zero attached hydrogens (tertiary/aromatic N) is 2. The van der Waals surface area contributed by atoms with Crippen LogP contribution >= 0.6 is 11.6 Å². The average Bonchev–Trinajstić information content (AvgIpc) is 2.58. The molecule has 78 valence electrons. The fraction of sp³-hybridized carbons (Fsp3) is 0.100. The molecule has 2 aromatic rings. The van der Waals surface area contributed by atoms with Gasteiger partial charge in [-0.25, -0.2) is 9.07 Å². The van der Waals surface area contributed by atoms with Crippen LogP contribution in [-0.2, 0) is 0 Å². The Morgan fingerprint density at radius 2 is 2.20 bits per heavy atom. The van der Waals surface area contributed by atoms with E-state index < -0.39 is 5.82 Å². The third-order valence-electron chi connectivity index (χ3n) is 2.03. The topological polar surface area (TPSA) is 43.8 Å². The van der Waals surface area contributed by atoms with Gasteiger partial charge in [-0.05, 0) is 18.6 Å². The molecule has 0 aliphatic rings. The molecule has 1 aromatic heterocycles. The van der Waals surface area contributed by atoms with Crippen LogP contribution in [0.5, 0.6) is 0 Å². The van der Waals surface area contributed by atoms with Crippen LogP contribution in [0.4, 0.5) is 10.1 Å². The van der Waals surface area contributed by atoms with Gasteiger partial charge in [0, 0.05) is 12.3 Å². The average molecular weight is 226 g/mol. The Labute approximate surface area is 91.3 Å². The van der Waals surface area contributed by atoms with Gasteiger partial charge in [-0.3, -0.25) is 0 Å². The molecule has 0 aliphatic heterocycles. The summed E-state index contributed by atoms with van der Waals surface area (Å²) < 4.78 is 14.6. The van der Waals surface area contributed by atoms with Crippen molar-refractivity contribution in [2.45, 2.75) is 6.92 Å². The predicted octanol–water partition coefficient (Wildman–Crippen LogP) is 2.56. The molecule has 2 N–H and O–H groups in total. The Morgan fingerprint density at radius 1 is 1.47 bits per heavy atom. The van der Waals surface area contributed by atoms with Crippen molar-refractivity contribution in [3.8, 4) is 5.69 Å². The first-order valence-electron chi connectivity index (χ1n) is 4.34. The van der Waals surface area contributed by atoms with E-state index >= 15 is 0 Å². The third-order valence-corrected chi connectivity index (χ3v) is 2.32. The molecule has 0 bridgehead atoms. The second-order valence-corrected chi connectivity index (χ2v) is 3.69. The first-order chi connectivity index (χ1) is 7.08. The van der Waals surface area contributed by atoms with Crippen LogP contribution in [0.2, 0.25) is 5.02 Å². The minimum atomic E-state index is -0.526. The Bertz CT molecular complexity index is 507. The summed E-state index contributed by atoms with van der Waals surface area (Å²) in [6.07, 6.45) is 3.48. The van der Waals surface area contributed by atoms with E-state index in [0.29, 0.717) is 11.4 Å². The second-order valence-electron chi connectivity index (χ2n) is 3.29. The molecule has 0 saturated heterocycles. The fourth-order valence-corrected chi connectivity index (χ4v) is 1.45. The summed E-state index contributed by atoms with van der Waals surface area (Å²) in [6, 6.07) is 2.65. The number of hydrogen-bond acceptors (Lipinski definition) is 2. The normalized spacial score (nSPS) is 10.6. The lowest BCUT2D eigenvalue weighted by Gasteiger charge is -2.06. The highest BCUT2D eigenvalue weighted by molar-refractivity contribution is 6.31. The number of aryl methyl sites for hydroxylation is 1. The Balaban J connectivity index is 2.58. The highest BCUT2D eigenvalue weighted by Gasteiger charge is 2.08. The standard InChI is InChI=1S/C10H9ClFN3/c1-6-4-14-15(5-6)10-2-7(11)8(12)3-9(10)13/h2-5H,13H2,1H3. The van der Waals surface area contributed by atoms with Gasteiger partial charge in [0.15, 0.2) is 0 Å². The van der Waals surface area contributed by atoms with E-state index in [-0.39, 0.29) is 5.02 Å². The van der Waals surface area contributed by atoms with Crippen molar-refractivity contribution in [3.05, 3.63) is 40.9 Å². The number of anilines is 1. The molecule has 15 heavy (non-hydrogen) atoms. The van der Waals surface area contributed by atoms with Gasteiger partial charge in [0.05, 0.1) is 22.6 Å². The molecule has 0 aliphatic carbocycles. The molecule has 0 atom stereocenters. The summed E-state index contributed by atoms with van der Waals surface area (Å²) in [5.74, 6) is -0.526. The number of benzene rings is 1. The van der Waals surface area contributed by atoms with E-state index in [1.807, 2.05) is 6.92 Å². The van der Waals surface area contributed by atoms with Gasteiger partial charge in [0.25, 0.3) is 0 Å². The quantitative estimate of drug-likeness (QED) is 0.758. The van der Waals surface area contributed by atoms with Gasteiger partial charge < -0.3 is 5.73 Å². The van der Waals surface area contributed by atoms with E-state index in [1.54, 1.807) is 17.1 Å². The molecule has 1 heterocycles. The Hall–Kier alpha value is -1.55. The van der Waals surface area contributed by atoms with Crippen molar-refractivity contribution in [1.82, 2.24) is 9.78 Å². The summed E-state index contributed by atoms with van der Waals surface area (Å²) in [4.78, 5) is 0. The number of hydrogen-bond donors (Lipinski definition) is 1. The zero-order chi connectivity index (χ0) is 11.0. The number of aromatic nitrogens is 2. The highest BCUT2D eigenvalue weighted by atomic mass is 35.5. The van der Waals surface area contributed by atoms with E-state index in [4.69, 9.17) is 17.3 Å². The lowest BCUT2D eigenvalue weighted by atomic mass is 10.2. The molecule has 5 heteroatoms. The maximum Gasteiger partial charge on any atom is 0.143 e. The smallest absolute Gasteiger partial charge is 0.143 e. The lowest BCUT2D eigenvalue weighted by molar-refractivity contribution is 0.628. The molecule has 3 nitrogen and oxygen atoms in total. The largest absolute Gasteiger partial charge is 0.397 e. The zero-order valence-corrected chi connectivity index (χ0v) is 8.79. The van der Waals surface area contributed by atoms with Crippen molar-refractivity contribution < 1.29 is 4.39 Å². The Morgan fingerprint density at radius 3 is 2.80 bits per heavy atom. The first kappa shape index (κ1) is 9.98. The maximum absolute atomic E-state index is 13.0. The third kappa shape index (κ3) is 1.80. The number of nitrogen functional groups attached to an aromatic ring is 1. The number of nitrogens with two attached hydrogens (primary N) is 1. The summed E-state index contributed by atoms with van der Waals surface area (Å²) in [7, 11) is 0. The lowest BCUT2D eigenvalue weighted by Crippen LogP contribution is -2.01. The molecule has 0 amide bonds. The van der Waals surface area contributed by atoms with E-state index in [0.717, 1.165) is 5.56 Å². The Kier molecular flexibility index (Phi) is 2.36. The van der Waals surface area contributed by atoms with Crippen LogP contribution in [0.1, 0.15) is 5.56 Å². The summed E-state index contributed by atoms with van der Waals surface area (Å²) >= 11 is 5.67. The van der Waals surface area contributed by atoms with Crippen LogP contribution in [0.25, 0.3) is 5.69 Å². The summed E-state index contributed by atoms with van der Waals surface area (Å²) in [6.45, 7) is 1.91. The molecule has 0 unspecified atom stereocenters. The second kappa shape index (κ2) is 3.55. The van der Waals surface area contributed by atoms with Gasteiger partial charge in [-0.2, -0.15) is 5.10 Å². The molecule has 1 aromatic carbocycles. The highest BCUT2D eigenvalue weighted by Crippen LogP contribution is 2.24. The van der Waals surface area contributed by atoms with Gasteiger partial charge in [0.2, 0.25) is 0 Å². The van der Waals surface area contributed by atoms with E-state index in [1.165, 1.54) is 12.1 Å². The molecule has 0 fully saturated rings. The maximum atomic E-state index is 13.0. The van der Waals surface area contributed by atoms with E-state index in [9.17, 15) is 4.39 Å². The summed E-state index contributed by atoms with van der Waals surface area (Å²) in [5, 5.41) is 4.11. The molecular formula is C10H9ClFN3. The van der Waals surface area contributed by atoms with Crippen LogP contribution in [0, 0.1) is 12.7 Å². The van der Waals surface area contributed by atoms with Gasteiger partial charge >= 0.3 is 0 Å². The number of halogens is 2. The SMILES string of the molecule is Cc1cnn(-c2cc(Cl)c(F)cc2N)c1.